The second-order valence-corrected chi connectivity index (χ2v) is 7.38. The molecule has 2 aromatic rings. The van der Waals surface area contributed by atoms with E-state index in [1.54, 1.807) is 0 Å². The molecule has 0 unspecified atom stereocenters. The molecule has 136 valence electrons. The summed E-state index contributed by atoms with van der Waals surface area (Å²) in [6.07, 6.45) is 1.95. The van der Waals surface area contributed by atoms with E-state index in [2.05, 4.69) is 59.5 Å². The fourth-order valence-corrected chi connectivity index (χ4v) is 4.28. The van der Waals surface area contributed by atoms with Crippen LogP contribution < -0.4 is 10.6 Å². The van der Waals surface area contributed by atoms with Crippen molar-refractivity contribution >= 4 is 33.4 Å². The predicted molar refractivity (Wildman–Crippen MR) is 109 cm³/mol. The highest BCUT2D eigenvalue weighted by molar-refractivity contribution is 6.06. The molecule has 0 bridgehead atoms. The van der Waals surface area contributed by atoms with Gasteiger partial charge in [-0.3, -0.25) is 4.79 Å². The molecule has 5 nitrogen and oxygen atoms in total. The summed E-state index contributed by atoms with van der Waals surface area (Å²) in [4.78, 5) is 17.3. The van der Waals surface area contributed by atoms with Gasteiger partial charge in [0.15, 0.2) is 0 Å². The fourth-order valence-electron chi connectivity index (χ4n) is 4.28. The Balaban J connectivity index is 1.65. The van der Waals surface area contributed by atoms with Crippen molar-refractivity contribution < 1.29 is 4.79 Å². The third-order valence-corrected chi connectivity index (χ3v) is 5.72. The summed E-state index contributed by atoms with van der Waals surface area (Å²) in [6.45, 7) is 3.07. The van der Waals surface area contributed by atoms with Gasteiger partial charge in [0.05, 0.1) is 11.6 Å². The highest BCUT2D eigenvalue weighted by Crippen LogP contribution is 2.38. The maximum absolute atomic E-state index is 12.5. The molecule has 1 amide bonds. The molecule has 3 aliphatic rings. The monoisotopic (exact) mass is 358 g/mol. The van der Waals surface area contributed by atoms with E-state index in [-0.39, 0.29) is 11.9 Å². The van der Waals surface area contributed by atoms with Crippen LogP contribution >= 0.6 is 0 Å². The average Bonchev–Trinajstić information content (AvgIpc) is 3.34. The molecule has 27 heavy (non-hydrogen) atoms. The number of rotatable bonds is 2. The van der Waals surface area contributed by atoms with Crippen molar-refractivity contribution in [3.05, 3.63) is 48.0 Å². The Labute approximate surface area is 157 Å². The van der Waals surface area contributed by atoms with E-state index < -0.39 is 0 Å². The molecule has 5 rings (SSSR count). The maximum atomic E-state index is 12.5. The zero-order valence-electron chi connectivity index (χ0n) is 15.5. The van der Waals surface area contributed by atoms with Crippen LogP contribution in [-0.2, 0) is 11.8 Å². The van der Waals surface area contributed by atoms with Crippen molar-refractivity contribution in [2.45, 2.75) is 25.8 Å². The number of nitrogens with one attached hydrogen (secondary N) is 2. The van der Waals surface area contributed by atoms with Gasteiger partial charge < -0.3 is 15.2 Å². The Bertz CT molecular complexity index is 1150. The van der Waals surface area contributed by atoms with Crippen LogP contribution in [0.4, 0.5) is 5.69 Å². The molecule has 2 N–H and O–H groups in total. The minimum Gasteiger partial charge on any atom is -0.328 e. The Morgan fingerprint density at radius 3 is 2.89 bits per heavy atom. The van der Waals surface area contributed by atoms with E-state index in [0.717, 1.165) is 47.4 Å². The molecule has 3 aliphatic heterocycles. The summed E-state index contributed by atoms with van der Waals surface area (Å²) >= 11 is 0. The number of hydrogen-bond donors (Lipinski definition) is 2. The van der Waals surface area contributed by atoms with E-state index in [1.165, 1.54) is 16.5 Å². The molecule has 0 spiro atoms. The quantitative estimate of drug-likeness (QED) is 0.572. The molecule has 1 fully saturated rings. The minimum absolute atomic E-state index is 0.0448. The van der Waals surface area contributed by atoms with Crippen LogP contribution in [0.1, 0.15) is 18.4 Å². The number of nitrogens with zero attached hydrogens (tertiary/aromatic N) is 2. The number of carbonyl (C=O) groups is 1. The highest BCUT2D eigenvalue weighted by atomic mass is 16.2. The molecule has 1 saturated heterocycles. The third-order valence-electron chi connectivity index (χ3n) is 5.72. The van der Waals surface area contributed by atoms with Gasteiger partial charge in [0.1, 0.15) is 5.82 Å². The number of para-hydroxylation sites is 1. The lowest BCUT2D eigenvalue weighted by molar-refractivity contribution is -0.117. The lowest BCUT2D eigenvalue weighted by atomic mass is 10.00. The number of pyridine rings is 1. The molecular weight excluding hydrogens is 336 g/mol. The molecule has 2 aromatic carbocycles. The van der Waals surface area contributed by atoms with Gasteiger partial charge in [0, 0.05) is 34.6 Å². The van der Waals surface area contributed by atoms with Gasteiger partial charge >= 0.3 is 0 Å². The van der Waals surface area contributed by atoms with E-state index in [0.29, 0.717) is 0 Å². The first-order chi connectivity index (χ1) is 13.1. The van der Waals surface area contributed by atoms with Gasteiger partial charge in [0.2, 0.25) is 5.91 Å². The number of benzene rings is 2. The lowest BCUT2D eigenvalue weighted by Crippen LogP contribution is -2.35. The second-order valence-electron chi connectivity index (χ2n) is 7.38. The summed E-state index contributed by atoms with van der Waals surface area (Å²) in [5.74, 6) is 1.02. The zero-order chi connectivity index (χ0) is 18.5. The van der Waals surface area contributed by atoms with Gasteiger partial charge in [-0.1, -0.05) is 18.2 Å². The standard InChI is InChI=1S/C22H22N4O/c1-13-15-6-3-4-8-19(15)26(2)21-20(13)16-12-14(9-10-17(16)25-21)24-22(27)18-7-5-11-23-18/h3-4,6,8-10,12,18,23H,5,7,11H2,1-2H3,(H,24,27)/t18-/m0/s1. The highest BCUT2D eigenvalue weighted by Gasteiger charge is 2.23. The van der Waals surface area contributed by atoms with Gasteiger partial charge in [0.25, 0.3) is 0 Å². The topological polar surface area (TPSA) is 59.0 Å². The number of aryl methyl sites for hydroxylation is 2. The summed E-state index contributed by atoms with van der Waals surface area (Å²) in [6, 6.07) is 14.3. The molecule has 0 radical (unpaired) electrons. The summed E-state index contributed by atoms with van der Waals surface area (Å²) < 4.78 is 2.15. The zero-order valence-corrected chi connectivity index (χ0v) is 15.5. The number of carbonyl (C=O) groups excluding carboxylic acids is 1. The van der Waals surface area contributed by atoms with Crippen LogP contribution in [0.3, 0.4) is 0 Å². The van der Waals surface area contributed by atoms with Crippen LogP contribution in [0.2, 0.25) is 0 Å². The van der Waals surface area contributed by atoms with Gasteiger partial charge in [-0.05, 0) is 56.1 Å². The lowest BCUT2D eigenvalue weighted by Gasteiger charge is -2.15. The Kier molecular flexibility index (Phi) is 3.65. The molecule has 0 aromatic heterocycles. The molecule has 0 aliphatic carbocycles. The molecule has 5 heteroatoms. The van der Waals surface area contributed by atoms with E-state index in [1.807, 2.05) is 12.1 Å². The van der Waals surface area contributed by atoms with Crippen molar-refractivity contribution in [1.29, 1.82) is 0 Å². The number of fused-ring (bicyclic) bond motifs is 4. The van der Waals surface area contributed by atoms with Crippen molar-refractivity contribution in [2.24, 2.45) is 7.05 Å². The Morgan fingerprint density at radius 1 is 1.22 bits per heavy atom. The van der Waals surface area contributed by atoms with Crippen molar-refractivity contribution in [1.82, 2.24) is 14.9 Å². The van der Waals surface area contributed by atoms with Crippen LogP contribution in [-0.4, -0.2) is 28.0 Å². The fraction of sp³-hybridized carbons (Fsp3) is 0.273. The maximum Gasteiger partial charge on any atom is 0.241 e. The Morgan fingerprint density at radius 2 is 2.07 bits per heavy atom. The first kappa shape index (κ1) is 16.3. The summed E-state index contributed by atoms with van der Waals surface area (Å²) in [7, 11) is 2.06. The Hall–Kier alpha value is -2.92. The first-order valence-corrected chi connectivity index (χ1v) is 9.45. The van der Waals surface area contributed by atoms with Gasteiger partial charge in [-0.25, -0.2) is 4.98 Å². The summed E-state index contributed by atoms with van der Waals surface area (Å²) in [5, 5.41) is 8.63. The SMILES string of the molecule is Cc1c2c3cc(NC(=O)[C@@H]4CCCN4)ccc3nc-2n(C)c2ccccc12. The molecule has 1 atom stereocenters. The molecular formula is C22H22N4O. The van der Waals surface area contributed by atoms with Gasteiger partial charge in [-0.15, -0.1) is 0 Å². The number of aromatic nitrogens is 2. The van der Waals surface area contributed by atoms with Crippen molar-refractivity contribution in [3.8, 4) is 11.4 Å². The minimum atomic E-state index is -0.0845. The van der Waals surface area contributed by atoms with E-state index >= 15 is 0 Å². The average molecular weight is 358 g/mol. The van der Waals surface area contributed by atoms with Crippen molar-refractivity contribution in [3.63, 3.8) is 0 Å². The normalized spacial score (nSPS) is 17.2. The van der Waals surface area contributed by atoms with Crippen LogP contribution in [0.15, 0.2) is 42.5 Å². The van der Waals surface area contributed by atoms with Gasteiger partial charge in [-0.2, -0.15) is 0 Å². The first-order valence-electron chi connectivity index (χ1n) is 9.45. The molecule has 0 saturated carbocycles. The van der Waals surface area contributed by atoms with E-state index in [4.69, 9.17) is 4.98 Å². The largest absolute Gasteiger partial charge is 0.328 e. The predicted octanol–water partition coefficient (Wildman–Crippen LogP) is 3.83. The van der Waals surface area contributed by atoms with Crippen molar-refractivity contribution in [2.75, 3.05) is 11.9 Å². The third kappa shape index (κ3) is 2.50. The summed E-state index contributed by atoms with van der Waals surface area (Å²) in [5.41, 5.74) is 5.33. The van der Waals surface area contributed by atoms with E-state index in [9.17, 15) is 4.79 Å². The van der Waals surface area contributed by atoms with Crippen LogP contribution in [0, 0.1) is 6.92 Å². The number of anilines is 1. The number of hydrogen-bond acceptors (Lipinski definition) is 3. The molecule has 3 heterocycles. The second kappa shape index (κ2) is 6.06. The number of amides is 1. The smallest absolute Gasteiger partial charge is 0.241 e. The van der Waals surface area contributed by atoms with Crippen LogP contribution in [0.25, 0.3) is 33.2 Å². The van der Waals surface area contributed by atoms with Crippen LogP contribution in [0.5, 0.6) is 0 Å².